The molecule has 0 aliphatic carbocycles. The lowest BCUT2D eigenvalue weighted by Crippen LogP contribution is -2.55. The number of rotatable bonds is 5. The molecule has 1 atom stereocenters. The number of hydrogen-bond acceptors (Lipinski definition) is 7. The van der Waals surface area contributed by atoms with Gasteiger partial charge in [-0.15, -0.1) is 10.2 Å². The Labute approximate surface area is 197 Å². The number of nitrogens with zero attached hydrogens (tertiary/aromatic N) is 4. The van der Waals surface area contributed by atoms with Crippen LogP contribution >= 0.6 is 0 Å². The van der Waals surface area contributed by atoms with Crippen molar-refractivity contribution in [3.8, 4) is 23.0 Å². The van der Waals surface area contributed by atoms with Crippen LogP contribution in [0.5, 0.6) is 11.5 Å². The maximum absolute atomic E-state index is 12.9. The molecule has 2 amide bonds. The van der Waals surface area contributed by atoms with Gasteiger partial charge in [0.1, 0.15) is 6.61 Å². The third-order valence-electron chi connectivity index (χ3n) is 6.05. The van der Waals surface area contributed by atoms with Gasteiger partial charge >= 0.3 is 0 Å². The molecule has 2 aromatic carbocycles. The quantitative estimate of drug-likeness (QED) is 0.575. The molecule has 1 aromatic heterocycles. The fourth-order valence-corrected chi connectivity index (χ4v) is 4.06. The largest absolute Gasteiger partial charge is 0.485 e. The molecule has 0 N–H and O–H groups in total. The third kappa shape index (κ3) is 4.73. The standard InChI is InChI=1S/C25H26N4O5/c1-17-6-8-18(9-7-17)24-27-26-22(34-24)10-11-23(30)28-12-14-29(15-13-28)25(31)21-16-32-19-4-2-3-5-20(19)33-21/h2-9,21H,10-16H2,1H3/t21-/m0/s1. The number of carbonyl (C=O) groups is 2. The van der Waals surface area contributed by atoms with E-state index in [2.05, 4.69) is 10.2 Å². The van der Waals surface area contributed by atoms with Gasteiger partial charge in [0.25, 0.3) is 5.91 Å². The van der Waals surface area contributed by atoms with Gasteiger partial charge in [-0.2, -0.15) is 0 Å². The van der Waals surface area contributed by atoms with E-state index in [0.717, 1.165) is 11.1 Å². The Balaban J connectivity index is 1.09. The summed E-state index contributed by atoms with van der Waals surface area (Å²) in [5, 5.41) is 8.16. The first-order valence-corrected chi connectivity index (χ1v) is 11.4. The molecule has 34 heavy (non-hydrogen) atoms. The van der Waals surface area contributed by atoms with E-state index in [0.29, 0.717) is 55.9 Å². The molecule has 176 valence electrons. The van der Waals surface area contributed by atoms with Crippen molar-refractivity contribution in [1.29, 1.82) is 0 Å². The first-order chi connectivity index (χ1) is 16.6. The molecule has 2 aliphatic heterocycles. The second kappa shape index (κ2) is 9.54. The number of piperazine rings is 1. The zero-order valence-electron chi connectivity index (χ0n) is 19.0. The van der Waals surface area contributed by atoms with Crippen LogP contribution < -0.4 is 9.47 Å². The van der Waals surface area contributed by atoms with Crippen LogP contribution in [0, 0.1) is 6.92 Å². The summed E-state index contributed by atoms with van der Waals surface area (Å²) in [7, 11) is 0. The van der Waals surface area contributed by atoms with Crippen molar-refractivity contribution in [2.24, 2.45) is 0 Å². The highest BCUT2D eigenvalue weighted by Gasteiger charge is 2.33. The molecular formula is C25H26N4O5. The van der Waals surface area contributed by atoms with Gasteiger partial charge in [0.2, 0.25) is 23.8 Å². The maximum atomic E-state index is 12.9. The Morgan fingerprint density at radius 3 is 2.41 bits per heavy atom. The van der Waals surface area contributed by atoms with Crippen molar-refractivity contribution >= 4 is 11.8 Å². The normalized spacial score (nSPS) is 17.5. The van der Waals surface area contributed by atoms with Crippen LogP contribution in [0.3, 0.4) is 0 Å². The van der Waals surface area contributed by atoms with Crippen molar-refractivity contribution in [2.75, 3.05) is 32.8 Å². The van der Waals surface area contributed by atoms with E-state index in [1.165, 1.54) is 0 Å². The molecule has 9 heteroatoms. The van der Waals surface area contributed by atoms with Gasteiger partial charge in [0, 0.05) is 44.6 Å². The van der Waals surface area contributed by atoms with E-state index < -0.39 is 6.10 Å². The van der Waals surface area contributed by atoms with Gasteiger partial charge in [-0.05, 0) is 31.2 Å². The van der Waals surface area contributed by atoms with Crippen molar-refractivity contribution < 1.29 is 23.5 Å². The van der Waals surface area contributed by atoms with Crippen LogP contribution in [0.4, 0.5) is 0 Å². The van der Waals surface area contributed by atoms with E-state index in [1.54, 1.807) is 15.9 Å². The number of fused-ring (bicyclic) bond motifs is 1. The van der Waals surface area contributed by atoms with Crippen molar-refractivity contribution in [3.05, 3.63) is 60.0 Å². The highest BCUT2D eigenvalue weighted by atomic mass is 16.6. The predicted octanol–water partition coefficient (Wildman–Crippen LogP) is 2.49. The first kappa shape index (κ1) is 21.9. The highest BCUT2D eigenvalue weighted by Crippen LogP contribution is 2.31. The lowest BCUT2D eigenvalue weighted by molar-refractivity contribution is -0.146. The molecule has 0 bridgehead atoms. The second-order valence-electron chi connectivity index (χ2n) is 8.44. The molecule has 0 radical (unpaired) electrons. The minimum Gasteiger partial charge on any atom is -0.485 e. The lowest BCUT2D eigenvalue weighted by atomic mass is 10.1. The number of benzene rings is 2. The van der Waals surface area contributed by atoms with Crippen LogP contribution in [0.2, 0.25) is 0 Å². The van der Waals surface area contributed by atoms with E-state index in [1.807, 2.05) is 49.4 Å². The molecule has 1 fully saturated rings. The summed E-state index contributed by atoms with van der Waals surface area (Å²) < 4.78 is 17.2. The minimum atomic E-state index is -0.669. The van der Waals surface area contributed by atoms with Gasteiger partial charge in [-0.25, -0.2) is 0 Å². The second-order valence-corrected chi connectivity index (χ2v) is 8.44. The number of aromatic nitrogens is 2. The number of carbonyl (C=O) groups excluding carboxylic acids is 2. The van der Waals surface area contributed by atoms with Gasteiger partial charge in [0.15, 0.2) is 11.5 Å². The van der Waals surface area contributed by atoms with E-state index in [9.17, 15) is 9.59 Å². The van der Waals surface area contributed by atoms with Crippen LogP contribution in [0.1, 0.15) is 17.9 Å². The average molecular weight is 463 g/mol. The molecule has 0 unspecified atom stereocenters. The summed E-state index contributed by atoms with van der Waals surface area (Å²) in [6.07, 6.45) is -0.0130. The predicted molar refractivity (Wildman–Crippen MR) is 122 cm³/mol. The molecule has 0 spiro atoms. The lowest BCUT2D eigenvalue weighted by Gasteiger charge is -2.37. The Hall–Kier alpha value is -3.88. The topological polar surface area (TPSA) is 98.0 Å². The van der Waals surface area contributed by atoms with Crippen molar-refractivity contribution in [1.82, 2.24) is 20.0 Å². The van der Waals surface area contributed by atoms with Crippen molar-refractivity contribution in [3.63, 3.8) is 0 Å². The highest BCUT2D eigenvalue weighted by molar-refractivity contribution is 5.82. The van der Waals surface area contributed by atoms with Gasteiger partial charge < -0.3 is 23.7 Å². The number of para-hydroxylation sites is 2. The minimum absolute atomic E-state index is 0.00774. The number of hydrogen-bond donors (Lipinski definition) is 0. The first-order valence-electron chi connectivity index (χ1n) is 11.4. The summed E-state index contributed by atoms with van der Waals surface area (Å²) in [4.78, 5) is 29.1. The van der Waals surface area contributed by atoms with Crippen molar-refractivity contribution in [2.45, 2.75) is 25.9 Å². The Bertz CT molecular complexity index is 1170. The molecule has 1 saturated heterocycles. The average Bonchev–Trinajstić information content (AvgIpc) is 3.36. The number of amides is 2. The third-order valence-corrected chi connectivity index (χ3v) is 6.05. The zero-order valence-corrected chi connectivity index (χ0v) is 19.0. The van der Waals surface area contributed by atoms with E-state index in [-0.39, 0.29) is 24.8 Å². The molecule has 5 rings (SSSR count). The van der Waals surface area contributed by atoms with Gasteiger partial charge in [-0.1, -0.05) is 29.8 Å². The molecule has 3 heterocycles. The summed E-state index contributed by atoms with van der Waals surface area (Å²) >= 11 is 0. The Morgan fingerprint density at radius 1 is 0.941 bits per heavy atom. The smallest absolute Gasteiger partial charge is 0.267 e. The number of ether oxygens (including phenoxy) is 2. The van der Waals surface area contributed by atoms with Crippen LogP contribution in [-0.4, -0.2) is 70.7 Å². The fourth-order valence-electron chi connectivity index (χ4n) is 4.06. The Kier molecular flexibility index (Phi) is 6.16. The molecule has 9 nitrogen and oxygen atoms in total. The summed E-state index contributed by atoms with van der Waals surface area (Å²) in [5.41, 5.74) is 2.01. The monoisotopic (exact) mass is 462 g/mol. The molecular weight excluding hydrogens is 436 g/mol. The Morgan fingerprint density at radius 2 is 1.65 bits per heavy atom. The summed E-state index contributed by atoms with van der Waals surface area (Å²) in [6.45, 7) is 4.08. The summed E-state index contributed by atoms with van der Waals surface area (Å²) in [6, 6.07) is 15.2. The van der Waals surface area contributed by atoms with Gasteiger partial charge in [0.05, 0.1) is 0 Å². The van der Waals surface area contributed by atoms with Crippen LogP contribution in [0.25, 0.3) is 11.5 Å². The summed E-state index contributed by atoms with van der Waals surface area (Å²) in [5.74, 6) is 2.00. The maximum Gasteiger partial charge on any atom is 0.267 e. The van der Waals surface area contributed by atoms with Crippen LogP contribution in [-0.2, 0) is 16.0 Å². The van der Waals surface area contributed by atoms with E-state index in [4.69, 9.17) is 13.9 Å². The fraction of sp³-hybridized carbons (Fsp3) is 0.360. The van der Waals surface area contributed by atoms with Gasteiger partial charge in [-0.3, -0.25) is 9.59 Å². The molecule has 0 saturated carbocycles. The number of aryl methyl sites for hydroxylation is 2. The van der Waals surface area contributed by atoms with Crippen LogP contribution in [0.15, 0.2) is 52.9 Å². The molecule has 2 aliphatic rings. The zero-order chi connectivity index (χ0) is 23.5. The molecule has 3 aromatic rings. The SMILES string of the molecule is Cc1ccc(-c2nnc(CCC(=O)N3CCN(C(=O)[C@@H]4COc5ccccc5O4)CC3)o2)cc1. The van der Waals surface area contributed by atoms with E-state index >= 15 is 0 Å².